The van der Waals surface area contributed by atoms with Crippen LogP contribution in [0.2, 0.25) is 0 Å². The van der Waals surface area contributed by atoms with Gasteiger partial charge in [-0.3, -0.25) is 4.68 Å². The number of aryl methyl sites for hydroxylation is 1. The molecule has 0 saturated heterocycles. The number of rotatable bonds is 5. The van der Waals surface area contributed by atoms with Gasteiger partial charge in [0.1, 0.15) is 10.5 Å². The zero-order valence-corrected chi connectivity index (χ0v) is 18.3. The first-order chi connectivity index (χ1) is 15.1. The molecule has 0 spiro atoms. The average Bonchev–Trinajstić information content (AvgIpc) is 3.51. The summed E-state index contributed by atoms with van der Waals surface area (Å²) in [5, 5.41) is 5.71. The number of benzene rings is 1. The highest BCUT2D eigenvalue weighted by atomic mass is 32.1. The fourth-order valence-corrected chi connectivity index (χ4v) is 4.74. The van der Waals surface area contributed by atoms with E-state index in [-0.39, 0.29) is 6.04 Å². The van der Waals surface area contributed by atoms with E-state index in [0.717, 1.165) is 31.9 Å². The smallest absolute Gasteiger partial charge is 0.199 e. The van der Waals surface area contributed by atoms with Crippen molar-refractivity contribution in [1.82, 2.24) is 29.3 Å². The quantitative estimate of drug-likeness (QED) is 0.345. The van der Waals surface area contributed by atoms with Crippen LogP contribution in [0.4, 0.5) is 5.82 Å². The van der Waals surface area contributed by atoms with Crippen molar-refractivity contribution in [2.24, 2.45) is 12.0 Å². The number of aromatic nitrogens is 6. The van der Waals surface area contributed by atoms with Crippen LogP contribution in [0.1, 0.15) is 19.9 Å². The molecule has 0 atom stereocenters. The van der Waals surface area contributed by atoms with Gasteiger partial charge in [0.15, 0.2) is 17.5 Å². The maximum atomic E-state index is 4.86. The molecule has 0 saturated carbocycles. The number of hydrogen-bond acceptors (Lipinski definition) is 6. The number of fused-ring (bicyclic) bond motifs is 1. The summed E-state index contributed by atoms with van der Waals surface area (Å²) in [4.78, 5) is 20.1. The molecule has 0 unspecified atom stereocenters. The van der Waals surface area contributed by atoms with Gasteiger partial charge in [0.2, 0.25) is 0 Å². The van der Waals surface area contributed by atoms with Crippen LogP contribution in [0.3, 0.4) is 0 Å². The van der Waals surface area contributed by atoms with Crippen molar-refractivity contribution in [3.05, 3.63) is 55.0 Å². The van der Waals surface area contributed by atoms with E-state index >= 15 is 0 Å². The third-order valence-corrected chi connectivity index (χ3v) is 6.24. The van der Waals surface area contributed by atoms with Crippen LogP contribution in [0, 0.1) is 0 Å². The standard InChI is InChI=1S/C23H21N7S/c1-14(2)30-12-10-16(28-30)19-17(15-8-6-5-7-9-15)18-20(24-3)26-21(27-23(18)31-19)22-25-11-13-29(22)4/h5-14H,3H2,1-2,4H3. The molecule has 5 rings (SSSR count). The SMILES string of the molecule is C=Nc1nc(-c2nccn2C)nc2sc(-c3ccn(C(C)C)n3)c(-c3ccccc3)c12. The Morgan fingerprint density at radius 1 is 1.06 bits per heavy atom. The normalized spacial score (nSPS) is 11.5. The Kier molecular flexibility index (Phi) is 4.71. The van der Waals surface area contributed by atoms with Gasteiger partial charge >= 0.3 is 0 Å². The first-order valence-corrected chi connectivity index (χ1v) is 10.8. The lowest BCUT2D eigenvalue weighted by molar-refractivity contribution is 0.534. The van der Waals surface area contributed by atoms with Crippen LogP contribution in [-0.4, -0.2) is 36.0 Å². The zero-order chi connectivity index (χ0) is 21.5. The Morgan fingerprint density at radius 2 is 1.87 bits per heavy atom. The summed E-state index contributed by atoms with van der Waals surface area (Å²) in [7, 11) is 1.92. The molecule has 0 aliphatic heterocycles. The second-order valence-electron chi connectivity index (χ2n) is 7.52. The second-order valence-corrected chi connectivity index (χ2v) is 8.52. The number of hydrogen-bond donors (Lipinski definition) is 0. The molecule has 0 amide bonds. The molecule has 31 heavy (non-hydrogen) atoms. The Labute approximate surface area is 183 Å². The van der Waals surface area contributed by atoms with Gasteiger partial charge in [-0.05, 0) is 32.2 Å². The highest BCUT2D eigenvalue weighted by Crippen LogP contribution is 2.47. The van der Waals surface area contributed by atoms with Crippen molar-refractivity contribution in [1.29, 1.82) is 0 Å². The number of imidazole rings is 1. The van der Waals surface area contributed by atoms with Crippen molar-refractivity contribution in [3.8, 4) is 33.3 Å². The van der Waals surface area contributed by atoms with Crippen molar-refractivity contribution < 1.29 is 0 Å². The monoisotopic (exact) mass is 427 g/mol. The minimum Gasteiger partial charge on any atom is -0.331 e. The molecule has 0 bridgehead atoms. The highest BCUT2D eigenvalue weighted by molar-refractivity contribution is 7.22. The predicted molar refractivity (Wildman–Crippen MR) is 126 cm³/mol. The lowest BCUT2D eigenvalue weighted by Gasteiger charge is -2.07. The van der Waals surface area contributed by atoms with Crippen LogP contribution in [-0.2, 0) is 7.05 Å². The Balaban J connectivity index is 1.83. The molecular formula is C23H21N7S. The maximum absolute atomic E-state index is 4.86. The summed E-state index contributed by atoms with van der Waals surface area (Å²) in [5.74, 6) is 1.77. The van der Waals surface area contributed by atoms with Crippen molar-refractivity contribution >= 4 is 34.1 Å². The van der Waals surface area contributed by atoms with Gasteiger partial charge in [0, 0.05) is 37.2 Å². The molecule has 4 heterocycles. The largest absolute Gasteiger partial charge is 0.331 e. The number of thiophene rings is 1. The van der Waals surface area contributed by atoms with Crippen LogP contribution in [0.15, 0.2) is 60.0 Å². The van der Waals surface area contributed by atoms with E-state index in [9.17, 15) is 0 Å². The Hall–Kier alpha value is -3.65. The molecule has 0 fully saturated rings. The van der Waals surface area contributed by atoms with E-state index in [1.54, 1.807) is 17.5 Å². The molecule has 0 N–H and O–H groups in total. The van der Waals surface area contributed by atoms with Gasteiger partial charge in [-0.25, -0.2) is 19.9 Å². The third-order valence-electron chi connectivity index (χ3n) is 5.14. The summed E-state index contributed by atoms with van der Waals surface area (Å²) >= 11 is 1.59. The Morgan fingerprint density at radius 3 is 2.52 bits per heavy atom. The van der Waals surface area contributed by atoms with Gasteiger partial charge in [0.05, 0.1) is 10.3 Å². The van der Waals surface area contributed by atoms with Crippen molar-refractivity contribution in [3.63, 3.8) is 0 Å². The molecule has 5 aromatic rings. The van der Waals surface area contributed by atoms with Crippen LogP contribution in [0.25, 0.3) is 43.6 Å². The topological polar surface area (TPSA) is 73.8 Å². The first-order valence-electron chi connectivity index (χ1n) is 9.96. The summed E-state index contributed by atoms with van der Waals surface area (Å²) in [6, 6.07) is 12.6. The van der Waals surface area contributed by atoms with Gasteiger partial charge in [-0.2, -0.15) is 5.10 Å². The second kappa shape index (κ2) is 7.55. The summed E-state index contributed by atoms with van der Waals surface area (Å²) < 4.78 is 3.86. The van der Waals surface area contributed by atoms with Crippen molar-refractivity contribution in [2.75, 3.05) is 0 Å². The van der Waals surface area contributed by atoms with E-state index in [2.05, 4.69) is 42.7 Å². The lowest BCUT2D eigenvalue weighted by Crippen LogP contribution is -2.00. The minimum absolute atomic E-state index is 0.281. The average molecular weight is 428 g/mol. The molecule has 0 radical (unpaired) electrons. The summed E-state index contributed by atoms with van der Waals surface area (Å²) in [6.07, 6.45) is 5.62. The van der Waals surface area contributed by atoms with Gasteiger partial charge in [0.25, 0.3) is 0 Å². The molecule has 4 aromatic heterocycles. The fourth-order valence-electron chi connectivity index (χ4n) is 3.59. The Bertz CT molecular complexity index is 1390. The molecule has 0 aliphatic carbocycles. The number of aliphatic imine (C=N–C) groups is 1. The third kappa shape index (κ3) is 3.25. The summed E-state index contributed by atoms with van der Waals surface area (Å²) in [5.41, 5.74) is 3.01. The van der Waals surface area contributed by atoms with Crippen LogP contribution < -0.4 is 0 Å². The van der Waals surface area contributed by atoms with E-state index in [4.69, 9.17) is 15.1 Å². The van der Waals surface area contributed by atoms with E-state index < -0.39 is 0 Å². The zero-order valence-electron chi connectivity index (χ0n) is 17.5. The molecule has 7 nitrogen and oxygen atoms in total. The molecular weight excluding hydrogens is 406 g/mol. The number of nitrogens with zero attached hydrogens (tertiary/aromatic N) is 7. The van der Waals surface area contributed by atoms with Gasteiger partial charge in [-0.1, -0.05) is 30.3 Å². The van der Waals surface area contributed by atoms with Gasteiger partial charge < -0.3 is 4.57 Å². The van der Waals surface area contributed by atoms with Gasteiger partial charge in [-0.15, -0.1) is 11.3 Å². The van der Waals surface area contributed by atoms with Crippen LogP contribution in [0.5, 0.6) is 0 Å². The highest BCUT2D eigenvalue weighted by Gasteiger charge is 2.23. The summed E-state index contributed by atoms with van der Waals surface area (Å²) in [6.45, 7) is 8.02. The minimum atomic E-state index is 0.281. The van der Waals surface area contributed by atoms with E-state index in [0.29, 0.717) is 17.5 Å². The maximum Gasteiger partial charge on any atom is 0.199 e. The lowest BCUT2D eigenvalue weighted by atomic mass is 10.0. The first kappa shape index (κ1) is 19.3. The predicted octanol–water partition coefficient (Wildman–Crippen LogP) is 5.54. The fraction of sp³-hybridized carbons (Fsp3) is 0.174. The molecule has 0 aliphatic rings. The molecule has 8 heteroatoms. The molecule has 154 valence electrons. The van der Waals surface area contributed by atoms with E-state index in [1.807, 2.05) is 53.0 Å². The molecule has 1 aromatic carbocycles. The van der Waals surface area contributed by atoms with Crippen LogP contribution >= 0.6 is 11.3 Å². The van der Waals surface area contributed by atoms with Crippen molar-refractivity contribution in [2.45, 2.75) is 19.9 Å². The van der Waals surface area contributed by atoms with E-state index in [1.165, 1.54) is 0 Å².